The van der Waals surface area contributed by atoms with Crippen LogP contribution in [0.1, 0.15) is 39.0 Å². The number of aromatic nitrogens is 1. The monoisotopic (exact) mass is 391 g/mol. The number of hydrogen-bond donors (Lipinski definition) is 4. The van der Waals surface area contributed by atoms with Crippen LogP contribution >= 0.6 is 0 Å². The zero-order chi connectivity index (χ0) is 20.9. The molecular weight excluding hydrogens is 362 g/mol. The number of ether oxygens (including phenoxy) is 1. The number of nitrogens with zero attached hydrogens (tertiary/aromatic N) is 1. The number of hydrogen-bond acceptors (Lipinski definition) is 6. The molecule has 0 saturated carbocycles. The van der Waals surface area contributed by atoms with Crippen molar-refractivity contribution in [3.05, 3.63) is 30.5 Å². The predicted molar refractivity (Wildman–Crippen MR) is 109 cm³/mol. The first-order chi connectivity index (χ1) is 13.4. The highest BCUT2D eigenvalue weighted by atomic mass is 16.5. The number of methoxy groups -OCH3 is 1. The second-order valence-electron chi connectivity index (χ2n) is 6.33. The Morgan fingerprint density at radius 3 is 2.50 bits per heavy atom. The minimum absolute atomic E-state index is 0.321. The Morgan fingerprint density at radius 1 is 1.21 bits per heavy atom. The van der Waals surface area contributed by atoms with Crippen molar-refractivity contribution in [2.75, 3.05) is 19.0 Å². The summed E-state index contributed by atoms with van der Waals surface area (Å²) in [7, 11) is 1.69. The number of carboxylic acid groups (broad SMARTS) is 2. The van der Waals surface area contributed by atoms with Crippen LogP contribution in [0.3, 0.4) is 0 Å². The van der Waals surface area contributed by atoms with E-state index >= 15 is 0 Å². The first kappa shape index (κ1) is 23.2. The molecule has 1 aromatic heterocycles. The van der Waals surface area contributed by atoms with Crippen LogP contribution in [0, 0.1) is 0 Å². The molecule has 8 nitrogen and oxygen atoms in total. The van der Waals surface area contributed by atoms with Crippen LogP contribution < -0.4 is 15.8 Å². The van der Waals surface area contributed by atoms with E-state index in [4.69, 9.17) is 30.3 Å². The molecule has 2 aromatic rings. The van der Waals surface area contributed by atoms with E-state index in [0.717, 1.165) is 48.1 Å². The third-order valence-corrected chi connectivity index (χ3v) is 4.09. The lowest BCUT2D eigenvalue weighted by molar-refractivity contribution is -0.159. The Labute approximate surface area is 164 Å². The van der Waals surface area contributed by atoms with Gasteiger partial charge in [0.2, 0.25) is 0 Å². The highest BCUT2D eigenvalue weighted by molar-refractivity contribution is 6.27. The number of benzene rings is 1. The smallest absolute Gasteiger partial charge is 0.414 e. The number of unbranched alkanes of at least 4 members (excludes halogenated alkanes) is 1. The molecule has 1 heterocycles. The molecule has 0 aliphatic rings. The number of carbonyl (C=O) groups is 2. The summed E-state index contributed by atoms with van der Waals surface area (Å²) in [5, 5.41) is 19.3. The van der Waals surface area contributed by atoms with Crippen LogP contribution in [0.15, 0.2) is 30.5 Å². The van der Waals surface area contributed by atoms with E-state index in [9.17, 15) is 0 Å². The largest absolute Gasteiger partial charge is 0.497 e. The summed E-state index contributed by atoms with van der Waals surface area (Å²) in [6, 6.07) is 8.33. The molecule has 0 aliphatic heterocycles. The first-order valence-corrected chi connectivity index (χ1v) is 9.27. The van der Waals surface area contributed by atoms with Crippen molar-refractivity contribution in [3.63, 3.8) is 0 Å². The Hall–Kier alpha value is -2.87. The molecule has 0 spiro atoms. The lowest BCUT2D eigenvalue weighted by Crippen LogP contribution is -2.20. The van der Waals surface area contributed by atoms with E-state index < -0.39 is 11.9 Å². The van der Waals surface area contributed by atoms with E-state index in [1.165, 1.54) is 12.8 Å². The maximum atomic E-state index is 9.10. The Kier molecular flexibility index (Phi) is 10.3. The average Bonchev–Trinajstić information content (AvgIpc) is 2.69. The van der Waals surface area contributed by atoms with Gasteiger partial charge in [-0.1, -0.05) is 25.8 Å². The van der Waals surface area contributed by atoms with Crippen molar-refractivity contribution < 1.29 is 24.5 Å². The van der Waals surface area contributed by atoms with Gasteiger partial charge in [0.15, 0.2) is 0 Å². The number of nitrogens with one attached hydrogen (secondary N) is 1. The number of anilines is 1. The van der Waals surface area contributed by atoms with Crippen molar-refractivity contribution in [1.29, 1.82) is 0 Å². The summed E-state index contributed by atoms with van der Waals surface area (Å²) in [5.74, 6) is -2.80. The van der Waals surface area contributed by atoms with Gasteiger partial charge in [-0.15, -0.1) is 0 Å². The maximum absolute atomic E-state index is 9.10. The predicted octanol–water partition coefficient (Wildman–Crippen LogP) is 3.11. The number of aliphatic carboxylic acids is 2. The molecule has 154 valence electrons. The van der Waals surface area contributed by atoms with Gasteiger partial charge in [-0.3, -0.25) is 4.98 Å². The summed E-state index contributed by atoms with van der Waals surface area (Å²) in [4.78, 5) is 22.7. The summed E-state index contributed by atoms with van der Waals surface area (Å²) in [5.41, 5.74) is 8.13. The molecule has 1 unspecified atom stereocenters. The summed E-state index contributed by atoms with van der Waals surface area (Å²) < 4.78 is 5.36. The number of fused-ring (bicyclic) bond motifs is 1. The summed E-state index contributed by atoms with van der Waals surface area (Å²) in [6.07, 6.45) is 7.51. The third-order valence-electron chi connectivity index (χ3n) is 4.09. The van der Waals surface area contributed by atoms with E-state index in [-0.39, 0.29) is 0 Å². The van der Waals surface area contributed by atoms with Crippen LogP contribution in [-0.4, -0.2) is 46.8 Å². The van der Waals surface area contributed by atoms with Crippen molar-refractivity contribution in [2.45, 2.75) is 45.1 Å². The van der Waals surface area contributed by atoms with E-state index in [1.54, 1.807) is 7.11 Å². The average molecular weight is 391 g/mol. The quantitative estimate of drug-likeness (QED) is 0.378. The van der Waals surface area contributed by atoms with Gasteiger partial charge in [-0.05, 0) is 31.4 Å². The standard InChI is InChI=1S/C18H27N3O.C2H2O4/c1-3-4-8-15(19)9-6-10-20-17-13-16(22-2)12-14-7-5-11-21-18(14)17;3-1(4)2(5)6/h5,7,11-13,15,20H,3-4,6,8-10,19H2,1-2H3;(H,3,4)(H,5,6). The lowest BCUT2D eigenvalue weighted by atomic mass is 10.1. The van der Waals surface area contributed by atoms with E-state index in [0.29, 0.717) is 6.04 Å². The first-order valence-electron chi connectivity index (χ1n) is 9.27. The fourth-order valence-electron chi connectivity index (χ4n) is 2.62. The molecular formula is C20H29N3O5. The third kappa shape index (κ3) is 8.22. The number of carboxylic acids is 2. The van der Waals surface area contributed by atoms with Gasteiger partial charge in [-0.2, -0.15) is 0 Å². The molecule has 0 amide bonds. The Morgan fingerprint density at radius 2 is 1.89 bits per heavy atom. The van der Waals surface area contributed by atoms with Gasteiger partial charge >= 0.3 is 11.9 Å². The molecule has 0 fully saturated rings. The number of pyridine rings is 1. The van der Waals surface area contributed by atoms with Crippen molar-refractivity contribution in [3.8, 4) is 5.75 Å². The molecule has 0 saturated heterocycles. The minimum atomic E-state index is -1.82. The van der Waals surface area contributed by atoms with Gasteiger partial charge in [0.1, 0.15) is 5.75 Å². The second-order valence-corrected chi connectivity index (χ2v) is 6.33. The molecule has 0 radical (unpaired) electrons. The fraction of sp³-hybridized carbons (Fsp3) is 0.450. The molecule has 1 aromatic carbocycles. The number of nitrogens with two attached hydrogens (primary N) is 1. The Bertz CT molecular complexity index is 755. The van der Waals surface area contributed by atoms with Crippen LogP contribution in [-0.2, 0) is 9.59 Å². The van der Waals surface area contributed by atoms with Gasteiger partial charge in [-0.25, -0.2) is 9.59 Å². The highest BCUT2D eigenvalue weighted by Crippen LogP contribution is 2.27. The van der Waals surface area contributed by atoms with E-state index in [2.05, 4.69) is 23.3 Å². The van der Waals surface area contributed by atoms with Crippen molar-refractivity contribution in [1.82, 2.24) is 4.98 Å². The SMILES string of the molecule is CCCCC(N)CCCNc1cc(OC)cc2cccnc12.O=C(O)C(=O)O. The molecule has 5 N–H and O–H groups in total. The van der Waals surface area contributed by atoms with Crippen LogP contribution in [0.4, 0.5) is 5.69 Å². The zero-order valence-corrected chi connectivity index (χ0v) is 16.4. The highest BCUT2D eigenvalue weighted by Gasteiger charge is 2.06. The molecule has 28 heavy (non-hydrogen) atoms. The molecule has 1 atom stereocenters. The van der Waals surface area contributed by atoms with E-state index in [1.807, 2.05) is 24.4 Å². The fourth-order valence-corrected chi connectivity index (χ4v) is 2.62. The van der Waals surface area contributed by atoms with Crippen LogP contribution in [0.25, 0.3) is 10.9 Å². The topological polar surface area (TPSA) is 135 Å². The lowest BCUT2D eigenvalue weighted by Gasteiger charge is -2.13. The number of rotatable bonds is 9. The molecule has 0 aliphatic carbocycles. The normalized spacial score (nSPS) is 11.2. The van der Waals surface area contributed by atoms with Gasteiger partial charge < -0.3 is 26.0 Å². The summed E-state index contributed by atoms with van der Waals surface area (Å²) in [6.45, 7) is 3.11. The van der Waals surface area contributed by atoms with Gasteiger partial charge in [0.05, 0.1) is 18.3 Å². The van der Waals surface area contributed by atoms with Crippen LogP contribution in [0.2, 0.25) is 0 Å². The Balaban J connectivity index is 0.000000568. The molecule has 2 rings (SSSR count). The maximum Gasteiger partial charge on any atom is 0.414 e. The van der Waals surface area contributed by atoms with Crippen molar-refractivity contribution in [2.24, 2.45) is 5.73 Å². The van der Waals surface area contributed by atoms with Crippen molar-refractivity contribution >= 4 is 28.5 Å². The molecule has 8 heteroatoms. The van der Waals surface area contributed by atoms with Crippen LogP contribution in [0.5, 0.6) is 5.75 Å². The molecule has 0 bridgehead atoms. The summed E-state index contributed by atoms with van der Waals surface area (Å²) >= 11 is 0. The van der Waals surface area contributed by atoms with Gasteiger partial charge in [0, 0.05) is 30.2 Å². The zero-order valence-electron chi connectivity index (χ0n) is 16.4. The second kappa shape index (κ2) is 12.5. The minimum Gasteiger partial charge on any atom is -0.497 e. The van der Waals surface area contributed by atoms with Gasteiger partial charge in [0.25, 0.3) is 0 Å².